The van der Waals surface area contributed by atoms with E-state index in [1.165, 1.54) is 22.4 Å². The predicted molar refractivity (Wildman–Crippen MR) is 111 cm³/mol. The molecular weight excluding hydrogens is 318 g/mol. The summed E-state index contributed by atoms with van der Waals surface area (Å²) in [6.45, 7) is 9.65. The highest BCUT2D eigenvalue weighted by Crippen LogP contribution is 2.31. The number of Topliss-reactive ketones (excluding diaryl/α,β-unsaturated/α-hetero) is 1. The van der Waals surface area contributed by atoms with Crippen molar-refractivity contribution in [3.63, 3.8) is 0 Å². The number of ketones is 1. The third-order valence-electron chi connectivity index (χ3n) is 5.29. The Bertz CT molecular complexity index is 683. The Morgan fingerprint density at radius 3 is 2.42 bits per heavy atom. The first-order valence-corrected chi connectivity index (χ1v) is 10.1. The largest absolute Gasteiger partial charge is 0.347 e. The molecule has 0 aromatic carbocycles. The molecule has 0 bridgehead atoms. The molecule has 1 aromatic rings. The van der Waals surface area contributed by atoms with Crippen LogP contribution in [0.4, 0.5) is 0 Å². The number of allylic oxidation sites excluding steroid dienone is 6. The smallest absolute Gasteiger partial charge is 0.141 e. The van der Waals surface area contributed by atoms with Crippen molar-refractivity contribution in [3.05, 3.63) is 59.0 Å². The van der Waals surface area contributed by atoms with Gasteiger partial charge in [0.1, 0.15) is 5.78 Å². The topological polar surface area (TPSA) is 22.0 Å². The molecule has 1 aliphatic rings. The molecule has 0 spiro atoms. The molecule has 1 heterocycles. The van der Waals surface area contributed by atoms with E-state index in [4.69, 9.17) is 0 Å². The van der Waals surface area contributed by atoms with Gasteiger partial charge >= 0.3 is 0 Å². The summed E-state index contributed by atoms with van der Waals surface area (Å²) >= 11 is 0. The normalized spacial score (nSPS) is 18.5. The average molecular weight is 354 g/mol. The van der Waals surface area contributed by atoms with Crippen LogP contribution in [0.2, 0.25) is 0 Å². The van der Waals surface area contributed by atoms with E-state index in [1.807, 2.05) is 0 Å². The SMILES string of the molecule is CC(C)=CCCC(C)=CCCC(C)=CCn1cccc1C1CCCC1=O. The Balaban J connectivity index is 1.81. The van der Waals surface area contributed by atoms with Crippen molar-refractivity contribution in [1.82, 2.24) is 4.57 Å². The highest BCUT2D eigenvalue weighted by molar-refractivity contribution is 5.87. The monoisotopic (exact) mass is 353 g/mol. The molecule has 142 valence electrons. The van der Waals surface area contributed by atoms with Gasteiger partial charge in [0.15, 0.2) is 0 Å². The van der Waals surface area contributed by atoms with Crippen LogP contribution in [0.5, 0.6) is 0 Å². The van der Waals surface area contributed by atoms with Crippen LogP contribution in [0, 0.1) is 0 Å². The first kappa shape index (κ1) is 20.5. The van der Waals surface area contributed by atoms with Crippen LogP contribution in [-0.2, 0) is 11.3 Å². The number of carbonyl (C=O) groups is 1. The summed E-state index contributed by atoms with van der Waals surface area (Å²) in [5, 5.41) is 0. The highest BCUT2D eigenvalue weighted by Gasteiger charge is 2.27. The zero-order chi connectivity index (χ0) is 18.9. The van der Waals surface area contributed by atoms with Gasteiger partial charge in [0.05, 0.1) is 5.92 Å². The van der Waals surface area contributed by atoms with Crippen molar-refractivity contribution >= 4 is 5.78 Å². The van der Waals surface area contributed by atoms with E-state index in [1.54, 1.807) is 0 Å². The van der Waals surface area contributed by atoms with Crippen LogP contribution in [0.1, 0.15) is 84.3 Å². The Kier molecular flexibility index (Phi) is 8.15. The van der Waals surface area contributed by atoms with E-state index >= 15 is 0 Å². The minimum atomic E-state index is 0.130. The van der Waals surface area contributed by atoms with E-state index in [2.05, 4.69) is 68.8 Å². The first-order valence-electron chi connectivity index (χ1n) is 10.1. The lowest BCUT2D eigenvalue weighted by molar-refractivity contribution is -0.118. The van der Waals surface area contributed by atoms with Crippen LogP contribution in [0.15, 0.2) is 53.3 Å². The van der Waals surface area contributed by atoms with E-state index in [-0.39, 0.29) is 5.92 Å². The molecule has 1 aliphatic carbocycles. The lowest BCUT2D eigenvalue weighted by Gasteiger charge is -2.12. The van der Waals surface area contributed by atoms with Gasteiger partial charge in [-0.3, -0.25) is 4.79 Å². The second-order valence-electron chi connectivity index (χ2n) is 7.96. The summed E-state index contributed by atoms with van der Waals surface area (Å²) in [5.41, 5.74) is 5.52. The second kappa shape index (κ2) is 10.4. The van der Waals surface area contributed by atoms with Crippen molar-refractivity contribution < 1.29 is 4.79 Å². The third-order valence-corrected chi connectivity index (χ3v) is 5.29. The van der Waals surface area contributed by atoms with Crippen molar-refractivity contribution in [1.29, 1.82) is 0 Å². The molecule has 0 aliphatic heterocycles. The highest BCUT2D eigenvalue weighted by atomic mass is 16.1. The van der Waals surface area contributed by atoms with Gasteiger partial charge in [-0.1, -0.05) is 34.9 Å². The van der Waals surface area contributed by atoms with E-state index in [0.29, 0.717) is 5.78 Å². The van der Waals surface area contributed by atoms with Gasteiger partial charge in [-0.25, -0.2) is 0 Å². The van der Waals surface area contributed by atoms with Gasteiger partial charge in [0, 0.05) is 24.9 Å². The molecule has 26 heavy (non-hydrogen) atoms. The minimum Gasteiger partial charge on any atom is -0.347 e. The van der Waals surface area contributed by atoms with E-state index in [9.17, 15) is 4.79 Å². The summed E-state index contributed by atoms with van der Waals surface area (Å²) in [7, 11) is 0. The first-order chi connectivity index (χ1) is 12.5. The molecule has 0 saturated heterocycles. The molecule has 1 saturated carbocycles. The molecule has 2 rings (SSSR count). The minimum absolute atomic E-state index is 0.130. The standard InChI is InChI=1S/C24H35NO/c1-19(2)9-5-10-20(3)11-6-12-21(4)16-18-25-17-8-14-23(25)22-13-7-15-24(22)26/h8-9,11,14,16-17,22H,5-7,10,12-13,15,18H2,1-4H3. The van der Waals surface area contributed by atoms with Gasteiger partial charge in [-0.2, -0.15) is 0 Å². The lowest BCUT2D eigenvalue weighted by Crippen LogP contribution is -2.10. The number of hydrogen-bond acceptors (Lipinski definition) is 1. The molecule has 0 amide bonds. The summed E-state index contributed by atoms with van der Waals surface area (Å²) < 4.78 is 2.25. The average Bonchev–Trinajstić information content (AvgIpc) is 3.20. The van der Waals surface area contributed by atoms with Crippen molar-refractivity contribution in [2.45, 2.75) is 85.1 Å². The number of nitrogens with zero attached hydrogens (tertiary/aromatic N) is 1. The maximum atomic E-state index is 12.0. The fourth-order valence-electron chi connectivity index (χ4n) is 3.63. The van der Waals surface area contributed by atoms with Crippen LogP contribution in [-0.4, -0.2) is 10.4 Å². The van der Waals surface area contributed by atoms with E-state index in [0.717, 1.165) is 51.5 Å². The molecular formula is C24H35NO. The summed E-state index contributed by atoms with van der Waals surface area (Å²) in [5.74, 6) is 0.546. The molecule has 1 fully saturated rings. The number of rotatable bonds is 9. The fraction of sp³-hybridized carbons (Fsp3) is 0.542. The predicted octanol–water partition coefficient (Wildman–Crippen LogP) is 6.74. The van der Waals surface area contributed by atoms with Crippen molar-refractivity contribution in [2.24, 2.45) is 0 Å². The Morgan fingerprint density at radius 1 is 1.08 bits per heavy atom. The summed E-state index contributed by atoms with van der Waals surface area (Å²) in [6.07, 6.45) is 16.5. The van der Waals surface area contributed by atoms with Crippen LogP contribution >= 0.6 is 0 Å². The zero-order valence-corrected chi connectivity index (χ0v) is 17.1. The van der Waals surface area contributed by atoms with Crippen LogP contribution in [0.3, 0.4) is 0 Å². The van der Waals surface area contributed by atoms with Gasteiger partial charge in [0.25, 0.3) is 0 Å². The Labute approximate surface area is 159 Å². The van der Waals surface area contributed by atoms with Crippen LogP contribution < -0.4 is 0 Å². The fourth-order valence-corrected chi connectivity index (χ4v) is 3.63. The molecule has 0 radical (unpaired) electrons. The zero-order valence-electron chi connectivity index (χ0n) is 17.1. The van der Waals surface area contributed by atoms with Gasteiger partial charge in [-0.15, -0.1) is 0 Å². The number of aromatic nitrogens is 1. The maximum Gasteiger partial charge on any atom is 0.141 e. The van der Waals surface area contributed by atoms with E-state index < -0.39 is 0 Å². The van der Waals surface area contributed by atoms with Gasteiger partial charge in [-0.05, 0) is 78.4 Å². The summed E-state index contributed by atoms with van der Waals surface area (Å²) in [6, 6.07) is 4.19. The van der Waals surface area contributed by atoms with Gasteiger partial charge < -0.3 is 4.57 Å². The maximum absolute atomic E-state index is 12.0. The Morgan fingerprint density at radius 2 is 1.77 bits per heavy atom. The van der Waals surface area contributed by atoms with Gasteiger partial charge in [0.2, 0.25) is 0 Å². The second-order valence-corrected chi connectivity index (χ2v) is 7.96. The lowest BCUT2D eigenvalue weighted by atomic mass is 10.0. The number of carbonyl (C=O) groups excluding carboxylic acids is 1. The van der Waals surface area contributed by atoms with Crippen molar-refractivity contribution in [3.8, 4) is 0 Å². The molecule has 1 aromatic heterocycles. The third kappa shape index (κ3) is 6.48. The van der Waals surface area contributed by atoms with Crippen molar-refractivity contribution in [2.75, 3.05) is 0 Å². The van der Waals surface area contributed by atoms with Crippen LogP contribution in [0.25, 0.3) is 0 Å². The molecule has 1 unspecified atom stereocenters. The molecule has 2 heteroatoms. The molecule has 0 N–H and O–H groups in total. The summed E-state index contributed by atoms with van der Waals surface area (Å²) in [4.78, 5) is 12.0. The number of hydrogen-bond donors (Lipinski definition) is 0. The molecule has 2 nitrogen and oxygen atoms in total. The quantitative estimate of drug-likeness (QED) is 0.450. The molecule has 1 atom stereocenters. The Hall–Kier alpha value is -1.83.